The molecule has 1 aromatic carbocycles. The van der Waals surface area contributed by atoms with Gasteiger partial charge in [0.2, 0.25) is 5.91 Å². The molecule has 25 heavy (non-hydrogen) atoms. The van der Waals surface area contributed by atoms with Crippen molar-refractivity contribution in [1.29, 1.82) is 0 Å². The molecule has 0 radical (unpaired) electrons. The van der Waals surface area contributed by atoms with Crippen molar-refractivity contribution in [2.75, 3.05) is 17.2 Å². The molecule has 2 amide bonds. The van der Waals surface area contributed by atoms with Gasteiger partial charge >= 0.3 is 0 Å². The molecule has 2 atom stereocenters. The van der Waals surface area contributed by atoms with Crippen LogP contribution in [0, 0.1) is 12.3 Å². The Hall–Kier alpha value is -1.63. The summed E-state index contributed by atoms with van der Waals surface area (Å²) in [6, 6.07) is 5.45. The van der Waals surface area contributed by atoms with Crippen LogP contribution < -0.4 is 16.4 Å². The smallest absolute Gasteiger partial charge is 0.253 e. The van der Waals surface area contributed by atoms with Crippen molar-refractivity contribution in [2.24, 2.45) is 11.1 Å². The highest BCUT2D eigenvalue weighted by atomic mass is 35.5. The SMILES string of the molecule is Cc1ccc(NC(=O)[C@@H]2CC[C@H](CN)O2)cc1NC(=O)C(C)(C)C.Cl. The second kappa shape index (κ2) is 8.65. The van der Waals surface area contributed by atoms with E-state index in [1.54, 1.807) is 6.07 Å². The second-order valence-electron chi connectivity index (χ2n) is 7.28. The van der Waals surface area contributed by atoms with Gasteiger partial charge in [0.1, 0.15) is 6.10 Å². The monoisotopic (exact) mass is 369 g/mol. The molecular weight excluding hydrogens is 342 g/mol. The number of carbonyl (C=O) groups is 2. The van der Waals surface area contributed by atoms with Crippen molar-refractivity contribution in [3.05, 3.63) is 23.8 Å². The van der Waals surface area contributed by atoms with E-state index in [9.17, 15) is 9.59 Å². The zero-order valence-corrected chi connectivity index (χ0v) is 16.0. The van der Waals surface area contributed by atoms with Gasteiger partial charge in [-0.3, -0.25) is 9.59 Å². The molecule has 1 aliphatic heterocycles. The molecule has 1 heterocycles. The summed E-state index contributed by atoms with van der Waals surface area (Å²) in [6.45, 7) is 7.91. The Kier molecular flexibility index (Phi) is 7.41. The number of hydrogen-bond acceptors (Lipinski definition) is 4. The molecule has 0 bridgehead atoms. The Morgan fingerprint density at radius 1 is 1.24 bits per heavy atom. The first-order valence-electron chi connectivity index (χ1n) is 8.29. The van der Waals surface area contributed by atoms with Gasteiger partial charge in [0.05, 0.1) is 6.10 Å². The van der Waals surface area contributed by atoms with Gasteiger partial charge in [-0.2, -0.15) is 0 Å². The summed E-state index contributed by atoms with van der Waals surface area (Å²) in [5.41, 5.74) is 7.35. The number of anilines is 2. The van der Waals surface area contributed by atoms with Crippen molar-refractivity contribution in [3.63, 3.8) is 0 Å². The van der Waals surface area contributed by atoms with E-state index < -0.39 is 11.5 Å². The number of amides is 2. The quantitative estimate of drug-likeness (QED) is 0.760. The number of ether oxygens (including phenoxy) is 1. The fourth-order valence-corrected chi connectivity index (χ4v) is 2.44. The third-order valence-corrected chi connectivity index (χ3v) is 4.10. The molecule has 6 nitrogen and oxygen atoms in total. The molecule has 0 spiro atoms. The Bertz CT molecular complexity index is 628. The first-order chi connectivity index (χ1) is 11.2. The zero-order valence-electron chi connectivity index (χ0n) is 15.2. The molecule has 0 aromatic heterocycles. The molecule has 140 valence electrons. The highest BCUT2D eigenvalue weighted by Gasteiger charge is 2.30. The van der Waals surface area contributed by atoms with Gasteiger partial charge in [0.15, 0.2) is 0 Å². The van der Waals surface area contributed by atoms with Gasteiger partial charge in [0, 0.05) is 23.3 Å². The summed E-state index contributed by atoms with van der Waals surface area (Å²) in [4.78, 5) is 24.5. The van der Waals surface area contributed by atoms with Crippen LogP contribution in [0.15, 0.2) is 18.2 Å². The predicted octanol–water partition coefficient (Wildman–Crippen LogP) is 2.85. The summed E-state index contributed by atoms with van der Waals surface area (Å²) in [5.74, 6) is -0.248. The molecular formula is C18H28ClN3O3. The summed E-state index contributed by atoms with van der Waals surface area (Å²) in [7, 11) is 0. The zero-order chi connectivity index (χ0) is 17.9. The lowest BCUT2D eigenvalue weighted by Crippen LogP contribution is -2.30. The molecule has 1 aliphatic rings. The van der Waals surface area contributed by atoms with Crippen LogP contribution in [0.3, 0.4) is 0 Å². The van der Waals surface area contributed by atoms with E-state index in [4.69, 9.17) is 10.5 Å². The third kappa shape index (κ3) is 5.70. The number of rotatable bonds is 4. The van der Waals surface area contributed by atoms with E-state index in [0.29, 0.717) is 24.3 Å². The van der Waals surface area contributed by atoms with E-state index >= 15 is 0 Å². The largest absolute Gasteiger partial charge is 0.364 e. The number of aryl methyl sites for hydroxylation is 1. The van der Waals surface area contributed by atoms with E-state index in [1.165, 1.54) is 0 Å². The lowest BCUT2D eigenvalue weighted by Gasteiger charge is -2.19. The standard InChI is InChI=1S/C18H27N3O3.ClH/c1-11-5-6-12(9-14(11)21-17(23)18(2,3)4)20-16(22)15-8-7-13(10-19)24-15;/h5-6,9,13,15H,7-8,10,19H2,1-4H3,(H,20,22)(H,21,23);1H/t13-,15+;/m1./s1. The maximum Gasteiger partial charge on any atom is 0.253 e. The van der Waals surface area contributed by atoms with Crippen LogP contribution in [0.2, 0.25) is 0 Å². The number of halogens is 1. The normalized spacial score (nSPS) is 19.9. The molecule has 0 unspecified atom stereocenters. The van der Waals surface area contributed by atoms with Crippen LogP contribution in [0.1, 0.15) is 39.2 Å². The topological polar surface area (TPSA) is 93.5 Å². The molecule has 1 saturated heterocycles. The number of nitrogens with two attached hydrogens (primary N) is 1. The maximum atomic E-state index is 12.3. The highest BCUT2D eigenvalue weighted by Crippen LogP contribution is 2.25. The van der Waals surface area contributed by atoms with E-state index in [0.717, 1.165) is 12.0 Å². The number of benzene rings is 1. The Morgan fingerprint density at radius 3 is 2.48 bits per heavy atom. The fraction of sp³-hybridized carbons (Fsp3) is 0.556. The van der Waals surface area contributed by atoms with Gasteiger partial charge in [-0.25, -0.2) is 0 Å². The molecule has 1 fully saturated rings. The summed E-state index contributed by atoms with van der Waals surface area (Å²) in [5, 5.41) is 5.76. The lowest BCUT2D eigenvalue weighted by atomic mass is 9.95. The summed E-state index contributed by atoms with van der Waals surface area (Å²) >= 11 is 0. The molecule has 0 aliphatic carbocycles. The average molecular weight is 370 g/mol. The van der Waals surface area contributed by atoms with E-state index in [1.807, 2.05) is 39.8 Å². The summed E-state index contributed by atoms with van der Waals surface area (Å²) < 4.78 is 5.60. The van der Waals surface area contributed by atoms with Crippen LogP contribution in [0.25, 0.3) is 0 Å². The number of nitrogens with one attached hydrogen (secondary N) is 2. The Balaban J connectivity index is 0.00000312. The third-order valence-electron chi connectivity index (χ3n) is 4.10. The average Bonchev–Trinajstić information content (AvgIpc) is 2.98. The minimum Gasteiger partial charge on any atom is -0.364 e. The predicted molar refractivity (Wildman–Crippen MR) is 102 cm³/mol. The van der Waals surface area contributed by atoms with Crippen molar-refractivity contribution < 1.29 is 14.3 Å². The van der Waals surface area contributed by atoms with Crippen molar-refractivity contribution in [1.82, 2.24) is 0 Å². The van der Waals surface area contributed by atoms with E-state index in [2.05, 4.69) is 10.6 Å². The minimum absolute atomic E-state index is 0. The minimum atomic E-state index is -0.485. The molecule has 0 saturated carbocycles. The van der Waals surface area contributed by atoms with Crippen molar-refractivity contribution in [2.45, 2.75) is 52.7 Å². The number of hydrogen-bond donors (Lipinski definition) is 3. The molecule has 4 N–H and O–H groups in total. The second-order valence-corrected chi connectivity index (χ2v) is 7.28. The van der Waals surface area contributed by atoms with Gasteiger partial charge in [0.25, 0.3) is 5.91 Å². The van der Waals surface area contributed by atoms with E-state index in [-0.39, 0.29) is 30.3 Å². The Labute approximate surface area is 155 Å². The van der Waals surface area contributed by atoms with Gasteiger partial charge in [-0.1, -0.05) is 26.8 Å². The van der Waals surface area contributed by atoms with Crippen LogP contribution in [0.5, 0.6) is 0 Å². The van der Waals surface area contributed by atoms with Crippen LogP contribution in [-0.4, -0.2) is 30.6 Å². The van der Waals surface area contributed by atoms with Crippen molar-refractivity contribution in [3.8, 4) is 0 Å². The van der Waals surface area contributed by atoms with Crippen molar-refractivity contribution >= 4 is 35.6 Å². The van der Waals surface area contributed by atoms with Crippen LogP contribution >= 0.6 is 12.4 Å². The fourth-order valence-electron chi connectivity index (χ4n) is 2.44. The maximum absolute atomic E-state index is 12.3. The molecule has 2 rings (SSSR count). The lowest BCUT2D eigenvalue weighted by molar-refractivity contribution is -0.126. The molecule has 7 heteroatoms. The van der Waals surface area contributed by atoms with Gasteiger partial charge in [-0.05, 0) is 37.5 Å². The first-order valence-corrected chi connectivity index (χ1v) is 8.29. The van der Waals surface area contributed by atoms with Crippen LogP contribution in [-0.2, 0) is 14.3 Å². The summed E-state index contributed by atoms with van der Waals surface area (Å²) in [6.07, 6.45) is 0.968. The molecule has 1 aromatic rings. The van der Waals surface area contributed by atoms with Gasteiger partial charge < -0.3 is 21.1 Å². The number of carbonyl (C=O) groups excluding carboxylic acids is 2. The van der Waals surface area contributed by atoms with Crippen LogP contribution in [0.4, 0.5) is 11.4 Å². The Morgan fingerprint density at radius 2 is 1.92 bits per heavy atom. The van der Waals surface area contributed by atoms with Gasteiger partial charge in [-0.15, -0.1) is 12.4 Å². The first kappa shape index (κ1) is 21.4. The highest BCUT2D eigenvalue weighted by molar-refractivity contribution is 5.98.